The summed E-state index contributed by atoms with van der Waals surface area (Å²) in [6.45, 7) is 4.35. The first kappa shape index (κ1) is 22.4. The SMILES string of the molecule is CCOc1cc(/C=C2\SC(=O)N(Cc3ccc(C)cc3)C2=O)ccc1OC(=O)c1ccco1. The summed E-state index contributed by atoms with van der Waals surface area (Å²) in [5, 5.41) is -0.319. The molecule has 2 aromatic carbocycles. The molecule has 1 saturated heterocycles. The fourth-order valence-electron chi connectivity index (χ4n) is 3.18. The molecule has 4 rings (SSSR count). The van der Waals surface area contributed by atoms with Crippen molar-refractivity contribution in [3.8, 4) is 11.5 Å². The minimum atomic E-state index is -0.647. The summed E-state index contributed by atoms with van der Waals surface area (Å²) >= 11 is 0.891. The van der Waals surface area contributed by atoms with E-state index in [-0.39, 0.29) is 29.2 Å². The molecule has 1 aliphatic heterocycles. The zero-order valence-electron chi connectivity index (χ0n) is 18.1. The molecule has 0 radical (unpaired) electrons. The summed E-state index contributed by atoms with van der Waals surface area (Å²) in [5.41, 5.74) is 2.62. The molecule has 1 fully saturated rings. The van der Waals surface area contributed by atoms with Gasteiger partial charge in [-0.25, -0.2) is 4.79 Å². The highest BCUT2D eigenvalue weighted by molar-refractivity contribution is 8.18. The summed E-state index contributed by atoms with van der Waals surface area (Å²) in [7, 11) is 0. The topological polar surface area (TPSA) is 86.0 Å². The van der Waals surface area contributed by atoms with Gasteiger partial charge in [0, 0.05) is 0 Å². The van der Waals surface area contributed by atoms with Crippen LogP contribution in [0.15, 0.2) is 70.2 Å². The second kappa shape index (κ2) is 9.79. The number of imide groups is 1. The van der Waals surface area contributed by atoms with Crippen molar-refractivity contribution in [2.45, 2.75) is 20.4 Å². The second-order valence-electron chi connectivity index (χ2n) is 7.26. The van der Waals surface area contributed by atoms with Gasteiger partial charge in [0.1, 0.15) is 0 Å². The van der Waals surface area contributed by atoms with Gasteiger partial charge in [0.05, 0.1) is 24.3 Å². The van der Waals surface area contributed by atoms with Crippen LogP contribution in [-0.2, 0) is 11.3 Å². The molecule has 0 aliphatic carbocycles. The van der Waals surface area contributed by atoms with Gasteiger partial charge in [-0.15, -0.1) is 0 Å². The molecule has 7 nitrogen and oxygen atoms in total. The average molecular weight is 464 g/mol. The third-order valence-electron chi connectivity index (χ3n) is 4.83. The van der Waals surface area contributed by atoms with Gasteiger partial charge in [-0.05, 0) is 67.1 Å². The van der Waals surface area contributed by atoms with E-state index < -0.39 is 5.97 Å². The van der Waals surface area contributed by atoms with Crippen LogP contribution in [0.3, 0.4) is 0 Å². The van der Waals surface area contributed by atoms with Crippen LogP contribution < -0.4 is 9.47 Å². The Hall–Kier alpha value is -3.78. The molecule has 2 amide bonds. The number of hydrogen-bond acceptors (Lipinski definition) is 7. The molecule has 3 aromatic rings. The van der Waals surface area contributed by atoms with E-state index in [1.807, 2.05) is 31.2 Å². The van der Waals surface area contributed by atoms with E-state index in [0.717, 1.165) is 22.9 Å². The van der Waals surface area contributed by atoms with Crippen LogP contribution in [0, 0.1) is 6.92 Å². The lowest BCUT2D eigenvalue weighted by molar-refractivity contribution is -0.123. The number of ether oxygens (including phenoxy) is 2. The fraction of sp³-hybridized carbons (Fsp3) is 0.160. The molecule has 0 saturated carbocycles. The quantitative estimate of drug-likeness (QED) is 0.262. The van der Waals surface area contributed by atoms with Gasteiger partial charge in [0.2, 0.25) is 5.76 Å². The molecule has 33 heavy (non-hydrogen) atoms. The predicted octanol–water partition coefficient (Wildman–Crippen LogP) is 5.44. The summed E-state index contributed by atoms with van der Waals surface area (Å²) in [6, 6.07) is 15.7. The van der Waals surface area contributed by atoms with Crippen molar-refractivity contribution in [1.82, 2.24) is 4.90 Å². The van der Waals surface area contributed by atoms with Crippen molar-refractivity contribution in [2.24, 2.45) is 0 Å². The maximum absolute atomic E-state index is 12.9. The van der Waals surface area contributed by atoms with Crippen LogP contribution in [0.2, 0.25) is 0 Å². The van der Waals surface area contributed by atoms with E-state index in [2.05, 4.69) is 0 Å². The summed E-state index contributed by atoms with van der Waals surface area (Å²) < 4.78 is 16.1. The number of aryl methyl sites for hydroxylation is 1. The highest BCUT2D eigenvalue weighted by Crippen LogP contribution is 2.35. The number of amides is 2. The minimum Gasteiger partial charge on any atom is -0.490 e. The number of hydrogen-bond donors (Lipinski definition) is 0. The van der Waals surface area contributed by atoms with E-state index in [1.165, 1.54) is 17.2 Å². The van der Waals surface area contributed by atoms with E-state index >= 15 is 0 Å². The Bertz CT molecular complexity index is 1210. The second-order valence-corrected chi connectivity index (χ2v) is 8.25. The Morgan fingerprint density at radius 3 is 2.58 bits per heavy atom. The van der Waals surface area contributed by atoms with E-state index in [0.29, 0.717) is 22.8 Å². The van der Waals surface area contributed by atoms with Gasteiger partial charge in [-0.2, -0.15) is 0 Å². The van der Waals surface area contributed by atoms with E-state index in [9.17, 15) is 14.4 Å². The van der Waals surface area contributed by atoms with Gasteiger partial charge >= 0.3 is 5.97 Å². The van der Waals surface area contributed by atoms with E-state index in [1.54, 1.807) is 37.3 Å². The first-order valence-electron chi connectivity index (χ1n) is 10.3. The number of benzene rings is 2. The maximum atomic E-state index is 12.9. The summed E-state index contributed by atoms with van der Waals surface area (Å²) in [6.07, 6.45) is 3.01. The number of thioether (sulfide) groups is 1. The fourth-order valence-corrected chi connectivity index (χ4v) is 4.01. The monoisotopic (exact) mass is 463 g/mol. The van der Waals surface area contributed by atoms with Crippen LogP contribution >= 0.6 is 11.8 Å². The standard InChI is InChI=1S/C25H21NO6S/c1-3-30-21-13-18(10-11-19(21)32-24(28)20-5-4-12-31-20)14-22-23(27)26(25(29)33-22)15-17-8-6-16(2)7-9-17/h4-14H,3,15H2,1-2H3/b22-14-. The molecule has 0 spiro atoms. The van der Waals surface area contributed by atoms with Gasteiger partial charge in [0.15, 0.2) is 11.5 Å². The zero-order valence-corrected chi connectivity index (χ0v) is 18.9. The number of nitrogens with zero attached hydrogens (tertiary/aromatic N) is 1. The maximum Gasteiger partial charge on any atom is 0.379 e. The molecule has 8 heteroatoms. The molecule has 0 atom stereocenters. The largest absolute Gasteiger partial charge is 0.490 e. The van der Waals surface area contributed by atoms with E-state index in [4.69, 9.17) is 13.9 Å². The van der Waals surface area contributed by atoms with Crippen molar-refractivity contribution in [3.63, 3.8) is 0 Å². The van der Waals surface area contributed by atoms with Crippen LogP contribution in [-0.4, -0.2) is 28.6 Å². The smallest absolute Gasteiger partial charge is 0.379 e. The molecule has 1 aliphatic rings. The first-order valence-corrected chi connectivity index (χ1v) is 11.1. The number of furan rings is 1. The third-order valence-corrected chi connectivity index (χ3v) is 5.73. The zero-order chi connectivity index (χ0) is 23.4. The minimum absolute atomic E-state index is 0.0729. The van der Waals surface area contributed by atoms with Crippen LogP contribution in [0.5, 0.6) is 11.5 Å². The predicted molar refractivity (Wildman–Crippen MR) is 124 cm³/mol. The average Bonchev–Trinajstić information content (AvgIpc) is 3.42. The first-order chi connectivity index (χ1) is 15.9. The Kier molecular flexibility index (Phi) is 6.65. The highest BCUT2D eigenvalue weighted by atomic mass is 32.2. The third kappa shape index (κ3) is 5.18. The lowest BCUT2D eigenvalue weighted by atomic mass is 10.1. The molecular formula is C25H21NO6S. The molecular weight excluding hydrogens is 442 g/mol. The highest BCUT2D eigenvalue weighted by Gasteiger charge is 2.35. The van der Waals surface area contributed by atoms with Crippen molar-refractivity contribution >= 4 is 35.0 Å². The van der Waals surface area contributed by atoms with Gasteiger partial charge in [-0.3, -0.25) is 14.5 Å². The Morgan fingerprint density at radius 2 is 1.88 bits per heavy atom. The Labute approximate surface area is 195 Å². The summed E-state index contributed by atoms with van der Waals surface area (Å²) in [5.74, 6) is -0.362. The van der Waals surface area contributed by atoms with Gasteiger partial charge < -0.3 is 13.9 Å². The van der Waals surface area contributed by atoms with Crippen LogP contribution in [0.4, 0.5) is 4.79 Å². The number of esters is 1. The molecule has 0 N–H and O–H groups in total. The lowest BCUT2D eigenvalue weighted by Crippen LogP contribution is -2.27. The Morgan fingerprint density at radius 1 is 1.09 bits per heavy atom. The summed E-state index contributed by atoms with van der Waals surface area (Å²) in [4.78, 5) is 39.0. The molecule has 168 valence electrons. The lowest BCUT2D eigenvalue weighted by Gasteiger charge is -2.12. The number of carbonyl (C=O) groups is 3. The van der Waals surface area contributed by atoms with Crippen molar-refractivity contribution in [2.75, 3.05) is 6.61 Å². The van der Waals surface area contributed by atoms with Crippen LogP contribution in [0.1, 0.15) is 34.2 Å². The van der Waals surface area contributed by atoms with Crippen molar-refractivity contribution in [3.05, 3.63) is 88.2 Å². The van der Waals surface area contributed by atoms with Gasteiger partial charge in [-0.1, -0.05) is 35.9 Å². The molecule has 0 bridgehead atoms. The van der Waals surface area contributed by atoms with Crippen LogP contribution in [0.25, 0.3) is 6.08 Å². The molecule has 0 unspecified atom stereocenters. The Balaban J connectivity index is 1.53. The molecule has 1 aromatic heterocycles. The number of rotatable bonds is 7. The van der Waals surface area contributed by atoms with Gasteiger partial charge in [0.25, 0.3) is 11.1 Å². The van der Waals surface area contributed by atoms with Crippen molar-refractivity contribution in [1.29, 1.82) is 0 Å². The number of carbonyl (C=O) groups excluding carboxylic acids is 3. The molecule has 2 heterocycles. The normalized spacial score (nSPS) is 14.7. The van der Waals surface area contributed by atoms with Crippen molar-refractivity contribution < 1.29 is 28.3 Å².